The number of carbonyl (C=O) groups excluding carboxylic acids is 1. The zero-order valence-electron chi connectivity index (χ0n) is 10.8. The molecule has 4 nitrogen and oxygen atoms in total. The van der Waals surface area contributed by atoms with Crippen molar-refractivity contribution in [2.24, 2.45) is 12.5 Å². The Hall–Kier alpha value is -0.840. The highest BCUT2D eigenvalue weighted by Gasteiger charge is 2.17. The third-order valence-electron chi connectivity index (χ3n) is 2.26. The SMILES string of the molecule is Cn1ccc(C(=O)NCC(Br)CC(C)(C)C)n1. The molecule has 0 aromatic carbocycles. The van der Waals surface area contributed by atoms with Crippen LogP contribution in [0.5, 0.6) is 0 Å². The van der Waals surface area contributed by atoms with E-state index in [1.807, 2.05) is 0 Å². The predicted molar refractivity (Wildman–Crippen MR) is 72.3 cm³/mol. The molecule has 0 saturated carbocycles. The van der Waals surface area contributed by atoms with Crippen molar-refractivity contribution in [1.29, 1.82) is 0 Å². The van der Waals surface area contributed by atoms with E-state index in [1.165, 1.54) is 0 Å². The summed E-state index contributed by atoms with van der Waals surface area (Å²) in [5.74, 6) is -0.121. The summed E-state index contributed by atoms with van der Waals surface area (Å²) in [4.78, 5) is 12.0. The van der Waals surface area contributed by atoms with Crippen LogP contribution in [0.2, 0.25) is 0 Å². The third kappa shape index (κ3) is 5.35. The van der Waals surface area contributed by atoms with Gasteiger partial charge in [0.1, 0.15) is 5.69 Å². The number of carbonyl (C=O) groups is 1. The van der Waals surface area contributed by atoms with Gasteiger partial charge in [-0.2, -0.15) is 5.10 Å². The summed E-state index contributed by atoms with van der Waals surface area (Å²) in [5.41, 5.74) is 0.715. The molecule has 1 aromatic heterocycles. The van der Waals surface area contributed by atoms with E-state index < -0.39 is 0 Å². The Morgan fingerprint density at radius 2 is 2.24 bits per heavy atom. The number of halogens is 1. The van der Waals surface area contributed by atoms with E-state index in [1.54, 1.807) is 24.0 Å². The Morgan fingerprint density at radius 1 is 1.59 bits per heavy atom. The minimum Gasteiger partial charge on any atom is -0.350 e. The van der Waals surface area contributed by atoms with Crippen LogP contribution >= 0.6 is 15.9 Å². The van der Waals surface area contributed by atoms with Gasteiger partial charge < -0.3 is 5.32 Å². The van der Waals surface area contributed by atoms with Crippen LogP contribution in [-0.2, 0) is 7.05 Å². The average Bonchev–Trinajstić information content (AvgIpc) is 2.58. The number of alkyl halides is 1. The molecule has 96 valence electrons. The number of rotatable bonds is 4. The molecule has 1 atom stereocenters. The second-order valence-corrected chi connectivity index (χ2v) is 6.74. The molecule has 0 spiro atoms. The largest absolute Gasteiger partial charge is 0.350 e. The molecule has 0 radical (unpaired) electrons. The molecule has 0 aliphatic carbocycles. The topological polar surface area (TPSA) is 46.9 Å². The Kier molecular flexibility index (Phi) is 4.74. The quantitative estimate of drug-likeness (QED) is 0.868. The predicted octanol–water partition coefficient (Wildman–Crippen LogP) is 2.35. The van der Waals surface area contributed by atoms with Gasteiger partial charge in [0.05, 0.1) is 0 Å². The fraction of sp³-hybridized carbons (Fsp3) is 0.667. The zero-order valence-corrected chi connectivity index (χ0v) is 12.4. The number of amides is 1. The first-order chi connectivity index (χ1) is 7.78. The van der Waals surface area contributed by atoms with Crippen molar-refractivity contribution in [3.8, 4) is 0 Å². The number of hydrogen-bond acceptors (Lipinski definition) is 2. The van der Waals surface area contributed by atoms with Crippen molar-refractivity contribution < 1.29 is 4.79 Å². The molecule has 0 bridgehead atoms. The molecule has 0 aliphatic rings. The lowest BCUT2D eigenvalue weighted by Gasteiger charge is -2.22. The minimum absolute atomic E-state index is 0.121. The van der Waals surface area contributed by atoms with E-state index in [2.05, 4.69) is 47.1 Å². The lowest BCUT2D eigenvalue weighted by molar-refractivity contribution is 0.0947. The minimum atomic E-state index is -0.121. The molecule has 1 heterocycles. The maximum Gasteiger partial charge on any atom is 0.271 e. The van der Waals surface area contributed by atoms with E-state index in [0.717, 1.165) is 6.42 Å². The average molecular weight is 302 g/mol. The highest BCUT2D eigenvalue weighted by molar-refractivity contribution is 9.09. The zero-order chi connectivity index (χ0) is 13.1. The van der Waals surface area contributed by atoms with Gasteiger partial charge >= 0.3 is 0 Å². The van der Waals surface area contributed by atoms with E-state index >= 15 is 0 Å². The lowest BCUT2D eigenvalue weighted by Crippen LogP contribution is -2.31. The number of aromatic nitrogens is 2. The molecule has 1 rings (SSSR count). The van der Waals surface area contributed by atoms with Crippen LogP contribution in [0.4, 0.5) is 0 Å². The molecule has 0 aliphatic heterocycles. The summed E-state index contributed by atoms with van der Waals surface area (Å²) in [6.07, 6.45) is 2.77. The second-order valence-electron chi connectivity index (χ2n) is 5.45. The van der Waals surface area contributed by atoms with Crippen LogP contribution in [-0.4, -0.2) is 27.1 Å². The van der Waals surface area contributed by atoms with Gasteiger partial charge in [-0.3, -0.25) is 9.48 Å². The van der Waals surface area contributed by atoms with E-state index in [4.69, 9.17) is 0 Å². The molecule has 0 saturated heterocycles. The number of nitrogens with one attached hydrogen (secondary N) is 1. The molecule has 5 heteroatoms. The number of aryl methyl sites for hydroxylation is 1. The highest BCUT2D eigenvalue weighted by Crippen LogP contribution is 2.24. The molecular formula is C12H20BrN3O. The highest BCUT2D eigenvalue weighted by atomic mass is 79.9. The molecule has 1 aromatic rings. The lowest BCUT2D eigenvalue weighted by atomic mass is 9.90. The van der Waals surface area contributed by atoms with Gasteiger partial charge in [0, 0.05) is 24.6 Å². The fourth-order valence-corrected chi connectivity index (χ4v) is 2.70. The standard InChI is InChI=1S/C12H20BrN3O/c1-12(2,3)7-9(13)8-14-11(17)10-5-6-16(4)15-10/h5-6,9H,7-8H2,1-4H3,(H,14,17). The van der Waals surface area contributed by atoms with Gasteiger partial charge in [0.2, 0.25) is 0 Å². The Balaban J connectivity index is 2.38. The van der Waals surface area contributed by atoms with Crippen molar-refractivity contribution in [3.63, 3.8) is 0 Å². The van der Waals surface area contributed by atoms with Gasteiger partial charge in [0.15, 0.2) is 0 Å². The van der Waals surface area contributed by atoms with Crippen LogP contribution in [0.25, 0.3) is 0 Å². The first kappa shape index (κ1) is 14.2. The van der Waals surface area contributed by atoms with Gasteiger partial charge in [-0.15, -0.1) is 0 Å². The van der Waals surface area contributed by atoms with E-state index in [-0.39, 0.29) is 16.1 Å². The summed E-state index contributed by atoms with van der Waals surface area (Å²) in [7, 11) is 1.80. The Bertz CT molecular complexity index is 381. The first-order valence-electron chi connectivity index (χ1n) is 5.70. The summed E-state index contributed by atoms with van der Waals surface area (Å²) in [6.45, 7) is 7.16. The number of hydrogen-bond donors (Lipinski definition) is 1. The Morgan fingerprint density at radius 3 is 2.71 bits per heavy atom. The molecular weight excluding hydrogens is 282 g/mol. The monoisotopic (exact) mass is 301 g/mol. The normalized spacial score (nSPS) is 13.5. The summed E-state index contributed by atoms with van der Waals surface area (Å²) in [5, 5.41) is 6.93. The van der Waals surface area contributed by atoms with Crippen molar-refractivity contribution in [1.82, 2.24) is 15.1 Å². The molecule has 0 fully saturated rings. The summed E-state index contributed by atoms with van der Waals surface area (Å²) in [6, 6.07) is 1.71. The van der Waals surface area contributed by atoms with Crippen LogP contribution in [0, 0.1) is 5.41 Å². The summed E-state index contributed by atoms with van der Waals surface area (Å²) >= 11 is 3.58. The third-order valence-corrected chi connectivity index (χ3v) is 2.91. The summed E-state index contributed by atoms with van der Waals surface area (Å²) < 4.78 is 1.62. The van der Waals surface area contributed by atoms with Gasteiger partial charge in [-0.25, -0.2) is 0 Å². The van der Waals surface area contributed by atoms with Crippen molar-refractivity contribution in [2.45, 2.75) is 32.0 Å². The van der Waals surface area contributed by atoms with Crippen molar-refractivity contribution in [2.75, 3.05) is 6.54 Å². The maximum absolute atomic E-state index is 11.7. The smallest absolute Gasteiger partial charge is 0.271 e. The molecule has 1 amide bonds. The van der Waals surface area contributed by atoms with Crippen molar-refractivity contribution in [3.05, 3.63) is 18.0 Å². The molecule has 1 N–H and O–H groups in total. The maximum atomic E-state index is 11.7. The van der Waals surface area contributed by atoms with Gasteiger partial charge in [-0.1, -0.05) is 36.7 Å². The molecule has 17 heavy (non-hydrogen) atoms. The fourth-order valence-electron chi connectivity index (χ4n) is 1.57. The van der Waals surface area contributed by atoms with Crippen LogP contribution in [0.3, 0.4) is 0 Å². The van der Waals surface area contributed by atoms with Crippen LogP contribution < -0.4 is 5.32 Å². The number of nitrogens with zero attached hydrogens (tertiary/aromatic N) is 2. The van der Waals surface area contributed by atoms with Crippen LogP contribution in [0.1, 0.15) is 37.7 Å². The van der Waals surface area contributed by atoms with Gasteiger partial charge in [-0.05, 0) is 17.9 Å². The van der Waals surface area contributed by atoms with E-state index in [0.29, 0.717) is 12.2 Å². The van der Waals surface area contributed by atoms with Crippen LogP contribution in [0.15, 0.2) is 12.3 Å². The molecule has 1 unspecified atom stereocenters. The second kappa shape index (κ2) is 5.67. The van der Waals surface area contributed by atoms with Crippen molar-refractivity contribution >= 4 is 21.8 Å². The Labute approximate surface area is 111 Å². The van der Waals surface area contributed by atoms with E-state index in [9.17, 15) is 4.79 Å². The first-order valence-corrected chi connectivity index (χ1v) is 6.61. The van der Waals surface area contributed by atoms with Gasteiger partial charge in [0.25, 0.3) is 5.91 Å².